The van der Waals surface area contributed by atoms with Gasteiger partial charge in [0.05, 0.1) is 11.3 Å². The van der Waals surface area contributed by atoms with Crippen molar-refractivity contribution in [2.24, 2.45) is 0 Å². The van der Waals surface area contributed by atoms with Gasteiger partial charge in [-0.3, -0.25) is 4.79 Å². The summed E-state index contributed by atoms with van der Waals surface area (Å²) >= 11 is 1.44. The minimum atomic E-state index is -1.03. The lowest BCUT2D eigenvalue weighted by molar-refractivity contribution is -0.123. The van der Waals surface area contributed by atoms with Gasteiger partial charge >= 0.3 is 5.97 Å². The monoisotopic (exact) mass is 373 g/mol. The molecule has 0 saturated carbocycles. The maximum absolute atomic E-state index is 12.4. The second kappa shape index (κ2) is 7.70. The molecule has 26 heavy (non-hydrogen) atoms. The first-order chi connectivity index (χ1) is 12.5. The number of amides is 1. The first-order valence-electron chi connectivity index (χ1n) is 8.49. The molecule has 1 amide bonds. The Morgan fingerprint density at radius 1 is 1.38 bits per heavy atom. The van der Waals surface area contributed by atoms with Crippen molar-refractivity contribution >= 4 is 28.2 Å². The van der Waals surface area contributed by atoms with Crippen molar-refractivity contribution in [3.05, 3.63) is 33.5 Å². The maximum Gasteiger partial charge on any atom is 0.377 e. The van der Waals surface area contributed by atoms with Gasteiger partial charge in [0.2, 0.25) is 5.76 Å². The second-order valence-corrected chi connectivity index (χ2v) is 7.35. The predicted octanol–water partition coefficient (Wildman–Crippen LogP) is 3.37. The van der Waals surface area contributed by atoms with E-state index in [0.717, 1.165) is 42.5 Å². The third kappa shape index (κ3) is 3.78. The molecular formula is C18H19N3O4S. The fraction of sp³-hybridized carbons (Fsp3) is 0.444. The van der Waals surface area contributed by atoms with E-state index < -0.39 is 18.0 Å². The third-order valence-corrected chi connectivity index (χ3v) is 5.46. The number of rotatable bonds is 4. The van der Waals surface area contributed by atoms with Crippen molar-refractivity contribution in [3.63, 3.8) is 0 Å². The number of thiophene rings is 1. The van der Waals surface area contributed by atoms with Crippen LogP contribution in [0.2, 0.25) is 0 Å². The van der Waals surface area contributed by atoms with Crippen LogP contribution in [0.4, 0.5) is 5.00 Å². The Hall–Kier alpha value is -2.66. The number of aryl methyl sites for hydroxylation is 2. The lowest BCUT2D eigenvalue weighted by Crippen LogP contribution is -2.29. The van der Waals surface area contributed by atoms with Crippen molar-refractivity contribution < 1.29 is 18.8 Å². The zero-order chi connectivity index (χ0) is 18.7. The molecule has 3 rings (SSSR count). The molecule has 0 aliphatic heterocycles. The standard InChI is InChI=1S/C18H19N3O4S/c1-10-8-14(25-21-10)18(23)24-11(2)16(22)20-17-13(9-19)12-6-4-3-5-7-15(12)26-17/h8,11H,3-7H2,1-2H3,(H,20,22)/t11-/m0/s1. The van der Waals surface area contributed by atoms with E-state index in [0.29, 0.717) is 16.3 Å². The fourth-order valence-electron chi connectivity index (χ4n) is 2.89. The Labute approximate surface area is 154 Å². The van der Waals surface area contributed by atoms with Gasteiger partial charge in [-0.2, -0.15) is 5.26 Å². The molecular weight excluding hydrogens is 354 g/mol. The van der Waals surface area contributed by atoms with Crippen LogP contribution in [0.1, 0.15) is 58.4 Å². The summed E-state index contributed by atoms with van der Waals surface area (Å²) in [6.45, 7) is 3.15. The molecule has 0 bridgehead atoms. The number of esters is 1. The van der Waals surface area contributed by atoms with Crippen molar-refractivity contribution in [1.82, 2.24) is 5.16 Å². The Morgan fingerprint density at radius 2 is 2.15 bits per heavy atom. The summed E-state index contributed by atoms with van der Waals surface area (Å²) in [6, 6.07) is 3.65. The van der Waals surface area contributed by atoms with Gasteiger partial charge in [-0.05, 0) is 45.1 Å². The van der Waals surface area contributed by atoms with Crippen LogP contribution in [-0.2, 0) is 22.4 Å². The molecule has 2 heterocycles. The van der Waals surface area contributed by atoms with Gasteiger partial charge in [0, 0.05) is 10.9 Å². The molecule has 0 spiro atoms. The molecule has 0 aromatic carbocycles. The second-order valence-electron chi connectivity index (χ2n) is 6.25. The summed E-state index contributed by atoms with van der Waals surface area (Å²) in [6.07, 6.45) is 4.07. The largest absolute Gasteiger partial charge is 0.447 e. The predicted molar refractivity (Wildman–Crippen MR) is 95.0 cm³/mol. The number of aromatic nitrogens is 1. The van der Waals surface area contributed by atoms with Crippen molar-refractivity contribution in [3.8, 4) is 6.07 Å². The summed E-state index contributed by atoms with van der Waals surface area (Å²) in [4.78, 5) is 25.5. The topological polar surface area (TPSA) is 105 Å². The van der Waals surface area contributed by atoms with Crippen LogP contribution in [0.5, 0.6) is 0 Å². The molecule has 0 unspecified atom stereocenters. The fourth-order valence-corrected chi connectivity index (χ4v) is 4.14. The van der Waals surface area contributed by atoms with Crippen LogP contribution in [0.3, 0.4) is 0 Å². The first-order valence-corrected chi connectivity index (χ1v) is 9.31. The Bertz CT molecular complexity index is 878. The number of nitrogens with zero attached hydrogens (tertiary/aromatic N) is 2. The zero-order valence-corrected chi connectivity index (χ0v) is 15.4. The normalized spacial score (nSPS) is 14.7. The molecule has 8 heteroatoms. The summed E-state index contributed by atoms with van der Waals surface area (Å²) in [5, 5.41) is 16.4. The number of nitriles is 1. The van der Waals surface area contributed by atoms with Crippen molar-refractivity contribution in [1.29, 1.82) is 5.26 Å². The quantitative estimate of drug-likeness (QED) is 0.651. The van der Waals surface area contributed by atoms with Gasteiger partial charge in [-0.25, -0.2) is 4.79 Å². The molecule has 2 aromatic rings. The molecule has 0 saturated heterocycles. The third-order valence-electron chi connectivity index (χ3n) is 4.25. The van der Waals surface area contributed by atoms with Gasteiger partial charge < -0.3 is 14.6 Å². The molecule has 1 N–H and O–H groups in total. The highest BCUT2D eigenvalue weighted by Gasteiger charge is 2.25. The summed E-state index contributed by atoms with van der Waals surface area (Å²) in [5.74, 6) is -1.29. The average molecular weight is 373 g/mol. The summed E-state index contributed by atoms with van der Waals surface area (Å²) < 4.78 is 9.95. The van der Waals surface area contributed by atoms with Crippen LogP contribution in [0.15, 0.2) is 10.6 Å². The lowest BCUT2D eigenvalue weighted by atomic mass is 10.1. The highest BCUT2D eigenvalue weighted by molar-refractivity contribution is 7.16. The molecule has 1 aliphatic carbocycles. The average Bonchev–Trinajstić information content (AvgIpc) is 3.10. The minimum Gasteiger partial charge on any atom is -0.447 e. The zero-order valence-electron chi connectivity index (χ0n) is 14.6. The highest BCUT2D eigenvalue weighted by atomic mass is 32.1. The van der Waals surface area contributed by atoms with E-state index in [2.05, 4.69) is 16.5 Å². The van der Waals surface area contributed by atoms with Gasteiger partial charge in [0.15, 0.2) is 6.10 Å². The number of ether oxygens (including phenoxy) is 1. The number of hydrogen-bond acceptors (Lipinski definition) is 7. The van der Waals surface area contributed by atoms with E-state index in [-0.39, 0.29) is 5.76 Å². The van der Waals surface area contributed by atoms with Crippen LogP contribution >= 0.6 is 11.3 Å². The Kier molecular flexibility index (Phi) is 5.38. The SMILES string of the molecule is Cc1cc(C(=O)O[C@@H](C)C(=O)Nc2sc3c(c2C#N)CCCCC3)on1. The Balaban J connectivity index is 1.69. The molecule has 7 nitrogen and oxygen atoms in total. The Morgan fingerprint density at radius 3 is 2.85 bits per heavy atom. The molecule has 0 fully saturated rings. The van der Waals surface area contributed by atoms with E-state index in [9.17, 15) is 14.9 Å². The van der Waals surface area contributed by atoms with E-state index >= 15 is 0 Å². The van der Waals surface area contributed by atoms with Gasteiger partial charge in [0.1, 0.15) is 11.1 Å². The van der Waals surface area contributed by atoms with E-state index in [1.54, 1.807) is 6.92 Å². The van der Waals surface area contributed by atoms with Crippen molar-refractivity contribution in [2.45, 2.75) is 52.1 Å². The number of carbonyl (C=O) groups is 2. The van der Waals surface area contributed by atoms with E-state index in [1.807, 2.05) is 0 Å². The summed E-state index contributed by atoms with van der Waals surface area (Å²) in [5.41, 5.74) is 2.13. The number of nitrogens with one attached hydrogen (secondary N) is 1. The molecule has 0 radical (unpaired) electrons. The van der Waals surface area contributed by atoms with Gasteiger partial charge in [0.25, 0.3) is 5.91 Å². The van der Waals surface area contributed by atoms with Crippen LogP contribution < -0.4 is 5.32 Å². The molecule has 2 aromatic heterocycles. The lowest BCUT2D eigenvalue weighted by Gasteiger charge is -2.11. The highest BCUT2D eigenvalue weighted by Crippen LogP contribution is 2.37. The number of hydrogen-bond donors (Lipinski definition) is 1. The number of anilines is 1. The number of carbonyl (C=O) groups excluding carboxylic acids is 2. The van der Waals surface area contributed by atoms with Crippen molar-refractivity contribution in [2.75, 3.05) is 5.32 Å². The maximum atomic E-state index is 12.4. The van der Waals surface area contributed by atoms with E-state index in [1.165, 1.54) is 24.3 Å². The molecule has 136 valence electrons. The molecule has 1 aliphatic rings. The van der Waals surface area contributed by atoms with Gasteiger partial charge in [-0.15, -0.1) is 11.3 Å². The summed E-state index contributed by atoms with van der Waals surface area (Å²) in [7, 11) is 0. The van der Waals surface area contributed by atoms with Gasteiger partial charge in [-0.1, -0.05) is 11.6 Å². The van der Waals surface area contributed by atoms with Crippen LogP contribution in [0.25, 0.3) is 0 Å². The number of fused-ring (bicyclic) bond motifs is 1. The van der Waals surface area contributed by atoms with Crippen LogP contribution in [-0.4, -0.2) is 23.1 Å². The minimum absolute atomic E-state index is 0.0531. The van der Waals surface area contributed by atoms with Crippen LogP contribution in [0, 0.1) is 18.3 Å². The smallest absolute Gasteiger partial charge is 0.377 e. The first kappa shape index (κ1) is 18.1. The van der Waals surface area contributed by atoms with E-state index in [4.69, 9.17) is 9.26 Å². The molecule has 1 atom stereocenters.